The second kappa shape index (κ2) is 10.2. The number of aliphatic hydroxyl groups is 1. The first-order valence-corrected chi connectivity index (χ1v) is 11.5. The van der Waals surface area contributed by atoms with Crippen LogP contribution in [0.5, 0.6) is 0 Å². The number of carbonyl (C=O) groups is 4. The van der Waals surface area contributed by atoms with Crippen molar-refractivity contribution < 1.29 is 29.0 Å². The molecule has 0 aromatic rings. The second-order valence-electron chi connectivity index (χ2n) is 11.1. The first kappa shape index (κ1) is 26.1. The Morgan fingerprint density at radius 3 is 2.22 bits per heavy atom. The number of aldehydes is 1. The predicted octanol–water partition coefficient (Wildman–Crippen LogP) is 1.76. The first-order chi connectivity index (χ1) is 14.7. The third kappa shape index (κ3) is 7.46. The van der Waals surface area contributed by atoms with E-state index in [0.717, 1.165) is 12.8 Å². The quantitative estimate of drug-likeness (QED) is 0.481. The molecular formula is C23H39N3O6. The Morgan fingerprint density at radius 2 is 1.72 bits per heavy atom. The summed E-state index contributed by atoms with van der Waals surface area (Å²) in [6.45, 7) is 11.1. The van der Waals surface area contributed by atoms with Crippen molar-refractivity contribution in [3.05, 3.63) is 0 Å². The molecule has 0 aromatic carbocycles. The van der Waals surface area contributed by atoms with Gasteiger partial charge in [0, 0.05) is 6.54 Å². The van der Waals surface area contributed by atoms with Gasteiger partial charge in [-0.3, -0.25) is 9.59 Å². The third-order valence-corrected chi connectivity index (χ3v) is 5.78. The largest absolute Gasteiger partial charge is 0.444 e. The number of nitrogens with zero attached hydrogens (tertiary/aromatic N) is 1. The van der Waals surface area contributed by atoms with E-state index in [2.05, 4.69) is 10.6 Å². The number of hydrogen-bond acceptors (Lipinski definition) is 6. The molecule has 3 N–H and O–H groups in total. The van der Waals surface area contributed by atoms with Crippen LogP contribution in [0.3, 0.4) is 0 Å². The molecule has 9 heteroatoms. The molecule has 2 rings (SSSR count). The van der Waals surface area contributed by atoms with Crippen LogP contribution in [0.15, 0.2) is 0 Å². The summed E-state index contributed by atoms with van der Waals surface area (Å²) in [5.74, 6) is -0.331. The highest BCUT2D eigenvalue weighted by Gasteiger charge is 2.43. The lowest BCUT2D eigenvalue weighted by molar-refractivity contribution is -0.142. The third-order valence-electron chi connectivity index (χ3n) is 5.78. The number of alkyl carbamates (subject to hydrolysis) is 1. The summed E-state index contributed by atoms with van der Waals surface area (Å²) in [5, 5.41) is 15.5. The average molecular weight is 454 g/mol. The van der Waals surface area contributed by atoms with Crippen LogP contribution in [-0.2, 0) is 19.1 Å². The Bertz CT molecular complexity index is 708. The molecule has 9 nitrogen and oxygen atoms in total. The summed E-state index contributed by atoms with van der Waals surface area (Å²) in [4.78, 5) is 51.4. The van der Waals surface area contributed by atoms with Gasteiger partial charge in [-0.05, 0) is 51.4 Å². The Labute approximate surface area is 190 Å². The number of hydrogen-bond donors (Lipinski definition) is 3. The average Bonchev–Trinajstić information content (AvgIpc) is 3.33. The second-order valence-corrected chi connectivity index (χ2v) is 11.1. The van der Waals surface area contributed by atoms with E-state index >= 15 is 0 Å². The fraction of sp³-hybridized carbons (Fsp3) is 0.826. The van der Waals surface area contributed by atoms with Gasteiger partial charge in [0.15, 0.2) is 6.29 Å². The molecule has 2 aliphatic rings. The summed E-state index contributed by atoms with van der Waals surface area (Å²) in [7, 11) is 0. The van der Waals surface area contributed by atoms with Crippen molar-refractivity contribution in [3.8, 4) is 0 Å². The van der Waals surface area contributed by atoms with E-state index < -0.39 is 41.3 Å². The van der Waals surface area contributed by atoms with Crippen molar-refractivity contribution >= 4 is 24.2 Å². The Kier molecular flexibility index (Phi) is 8.31. The van der Waals surface area contributed by atoms with Crippen molar-refractivity contribution in [2.24, 2.45) is 11.3 Å². The molecule has 4 atom stereocenters. The smallest absolute Gasteiger partial charge is 0.408 e. The minimum Gasteiger partial charge on any atom is -0.444 e. The highest BCUT2D eigenvalue weighted by Crippen LogP contribution is 2.34. The molecule has 0 radical (unpaired) electrons. The van der Waals surface area contributed by atoms with Gasteiger partial charge in [0.1, 0.15) is 23.8 Å². The SMILES string of the molecule is CC(C)(C)OC(=O)NC(C(=O)N1CCCC1C(=O)NC(CC1CC1)C(O)C=O)C(C)(C)C. The van der Waals surface area contributed by atoms with Crippen LogP contribution in [0.25, 0.3) is 0 Å². The van der Waals surface area contributed by atoms with Crippen LogP contribution in [0.2, 0.25) is 0 Å². The highest BCUT2D eigenvalue weighted by molar-refractivity contribution is 5.92. The van der Waals surface area contributed by atoms with Crippen molar-refractivity contribution in [3.63, 3.8) is 0 Å². The summed E-state index contributed by atoms with van der Waals surface area (Å²) in [6, 6.07) is -2.26. The van der Waals surface area contributed by atoms with E-state index in [0.29, 0.717) is 38.0 Å². The zero-order valence-corrected chi connectivity index (χ0v) is 20.1. The number of aliphatic hydroxyl groups excluding tert-OH is 1. The zero-order valence-electron chi connectivity index (χ0n) is 20.1. The maximum atomic E-state index is 13.4. The molecule has 0 spiro atoms. The summed E-state index contributed by atoms with van der Waals surface area (Å²) in [6.07, 6.45) is 2.18. The van der Waals surface area contributed by atoms with Gasteiger partial charge >= 0.3 is 6.09 Å². The number of ether oxygens (including phenoxy) is 1. The minimum absolute atomic E-state index is 0.351. The summed E-state index contributed by atoms with van der Waals surface area (Å²) < 4.78 is 5.32. The van der Waals surface area contributed by atoms with Gasteiger partial charge in [-0.25, -0.2) is 4.79 Å². The zero-order chi connectivity index (χ0) is 24.3. The van der Waals surface area contributed by atoms with Crippen molar-refractivity contribution in [1.82, 2.24) is 15.5 Å². The van der Waals surface area contributed by atoms with Gasteiger partial charge in [0.05, 0.1) is 6.04 Å². The lowest BCUT2D eigenvalue weighted by atomic mass is 9.85. The normalized spacial score (nSPS) is 22.0. The number of amides is 3. The van der Waals surface area contributed by atoms with E-state index in [-0.39, 0.29) is 11.8 Å². The standard InChI is InChI=1S/C23H39N3O6/c1-22(2,3)18(25-21(31)32-23(4,5)6)20(30)26-11-7-8-16(26)19(29)24-15(17(28)13-27)12-14-9-10-14/h13-18,28H,7-12H2,1-6H3,(H,24,29)(H,25,31). The van der Waals surface area contributed by atoms with E-state index in [1.165, 1.54) is 4.90 Å². The van der Waals surface area contributed by atoms with Crippen LogP contribution in [0, 0.1) is 11.3 Å². The van der Waals surface area contributed by atoms with Crippen LogP contribution in [0.4, 0.5) is 4.79 Å². The highest BCUT2D eigenvalue weighted by atomic mass is 16.6. The molecule has 0 aromatic heterocycles. The molecule has 1 heterocycles. The van der Waals surface area contributed by atoms with Gasteiger partial charge in [-0.1, -0.05) is 33.6 Å². The molecule has 2 fully saturated rings. The maximum absolute atomic E-state index is 13.4. The molecule has 1 saturated heterocycles. The number of likely N-dealkylation sites (tertiary alicyclic amines) is 1. The van der Waals surface area contributed by atoms with Crippen LogP contribution in [0.1, 0.15) is 73.6 Å². The van der Waals surface area contributed by atoms with Gasteiger partial charge in [0.2, 0.25) is 11.8 Å². The Balaban J connectivity index is 2.12. The molecular weight excluding hydrogens is 414 g/mol. The molecule has 1 aliphatic heterocycles. The van der Waals surface area contributed by atoms with Crippen LogP contribution >= 0.6 is 0 Å². The van der Waals surface area contributed by atoms with E-state index in [9.17, 15) is 24.3 Å². The number of rotatable bonds is 8. The monoisotopic (exact) mass is 453 g/mol. The fourth-order valence-electron chi connectivity index (χ4n) is 3.91. The molecule has 182 valence electrons. The van der Waals surface area contributed by atoms with E-state index in [1.807, 2.05) is 20.8 Å². The molecule has 32 heavy (non-hydrogen) atoms. The van der Waals surface area contributed by atoms with Gasteiger partial charge in [-0.15, -0.1) is 0 Å². The summed E-state index contributed by atoms with van der Waals surface area (Å²) in [5.41, 5.74) is -1.32. The van der Waals surface area contributed by atoms with Gasteiger partial charge in [-0.2, -0.15) is 0 Å². The molecule has 0 bridgehead atoms. The Hall–Kier alpha value is -2.16. The van der Waals surface area contributed by atoms with E-state index in [1.54, 1.807) is 20.8 Å². The molecule has 3 amide bonds. The van der Waals surface area contributed by atoms with Crippen molar-refractivity contribution in [2.45, 2.75) is 103 Å². The summed E-state index contributed by atoms with van der Waals surface area (Å²) >= 11 is 0. The topological polar surface area (TPSA) is 125 Å². The number of nitrogens with one attached hydrogen (secondary N) is 2. The van der Waals surface area contributed by atoms with Crippen molar-refractivity contribution in [2.75, 3.05) is 6.54 Å². The predicted molar refractivity (Wildman–Crippen MR) is 119 cm³/mol. The van der Waals surface area contributed by atoms with Crippen molar-refractivity contribution in [1.29, 1.82) is 0 Å². The van der Waals surface area contributed by atoms with Gasteiger partial charge < -0.3 is 30.2 Å². The lowest BCUT2D eigenvalue weighted by Crippen LogP contribution is -2.59. The van der Waals surface area contributed by atoms with Crippen LogP contribution < -0.4 is 10.6 Å². The van der Waals surface area contributed by atoms with E-state index in [4.69, 9.17) is 4.74 Å². The molecule has 4 unspecified atom stereocenters. The Morgan fingerprint density at radius 1 is 1.09 bits per heavy atom. The lowest BCUT2D eigenvalue weighted by Gasteiger charge is -2.36. The molecule has 1 aliphatic carbocycles. The van der Waals surface area contributed by atoms with Crippen LogP contribution in [-0.4, -0.2) is 70.6 Å². The minimum atomic E-state index is -1.28. The maximum Gasteiger partial charge on any atom is 0.408 e. The first-order valence-electron chi connectivity index (χ1n) is 11.5. The van der Waals surface area contributed by atoms with Gasteiger partial charge in [0.25, 0.3) is 0 Å². The number of carbonyl (C=O) groups excluding carboxylic acids is 4. The fourth-order valence-corrected chi connectivity index (χ4v) is 3.91. The molecule has 1 saturated carbocycles.